The zero-order chi connectivity index (χ0) is 18.0. The second-order valence-electron chi connectivity index (χ2n) is 5.42. The monoisotopic (exact) mass is 360 g/mol. The molecule has 0 fully saturated rings. The number of furan rings is 1. The maximum absolute atomic E-state index is 12.2. The number of anilines is 1. The van der Waals surface area contributed by atoms with Crippen molar-refractivity contribution < 1.29 is 22.4 Å². The third-order valence-corrected chi connectivity index (χ3v) is 4.61. The molecular formula is C17H16N2O5S. The maximum atomic E-state index is 12.2. The minimum absolute atomic E-state index is 0.0153. The maximum Gasteiger partial charge on any atom is 0.238 e. The molecule has 130 valence electrons. The highest BCUT2D eigenvalue weighted by Gasteiger charge is 2.12. The third-order valence-electron chi connectivity index (χ3n) is 3.68. The summed E-state index contributed by atoms with van der Waals surface area (Å²) in [5.74, 6) is 0.419. The van der Waals surface area contributed by atoms with Crippen molar-refractivity contribution in [2.24, 2.45) is 5.14 Å². The lowest BCUT2D eigenvalue weighted by molar-refractivity contribution is -0.115. The van der Waals surface area contributed by atoms with E-state index >= 15 is 0 Å². The van der Waals surface area contributed by atoms with Gasteiger partial charge in [-0.05, 0) is 42.5 Å². The number of amides is 1. The van der Waals surface area contributed by atoms with Gasteiger partial charge in [-0.3, -0.25) is 4.79 Å². The van der Waals surface area contributed by atoms with Crippen LogP contribution in [0.2, 0.25) is 0 Å². The fourth-order valence-electron chi connectivity index (χ4n) is 2.43. The molecule has 0 aliphatic rings. The molecule has 0 aliphatic heterocycles. The summed E-state index contributed by atoms with van der Waals surface area (Å²) in [7, 11) is -2.19. The average molecular weight is 360 g/mol. The van der Waals surface area contributed by atoms with Crippen LogP contribution < -0.4 is 15.2 Å². The molecular weight excluding hydrogens is 344 g/mol. The highest BCUT2D eigenvalue weighted by atomic mass is 32.2. The summed E-state index contributed by atoms with van der Waals surface area (Å²) in [4.78, 5) is 12.2. The van der Waals surface area contributed by atoms with Crippen molar-refractivity contribution in [3.63, 3.8) is 0 Å². The largest absolute Gasteiger partial charge is 0.497 e. The van der Waals surface area contributed by atoms with Crippen molar-refractivity contribution in [1.82, 2.24) is 0 Å². The van der Waals surface area contributed by atoms with Gasteiger partial charge in [0.2, 0.25) is 15.9 Å². The summed E-state index contributed by atoms with van der Waals surface area (Å²) in [5.41, 5.74) is 1.87. The first-order valence-corrected chi connectivity index (χ1v) is 8.88. The topological polar surface area (TPSA) is 112 Å². The van der Waals surface area contributed by atoms with Gasteiger partial charge < -0.3 is 14.5 Å². The zero-order valence-corrected chi connectivity index (χ0v) is 14.2. The number of nitrogens with one attached hydrogen (secondary N) is 1. The molecule has 0 atom stereocenters. The molecule has 3 rings (SSSR count). The Kier molecular flexibility index (Phi) is 4.47. The van der Waals surface area contributed by atoms with E-state index in [4.69, 9.17) is 14.3 Å². The first-order chi connectivity index (χ1) is 11.9. The highest BCUT2D eigenvalue weighted by Crippen LogP contribution is 2.26. The number of benzene rings is 2. The quantitative estimate of drug-likeness (QED) is 0.725. The average Bonchev–Trinajstić information content (AvgIpc) is 2.96. The Labute approximate surface area is 144 Å². The predicted molar refractivity (Wildman–Crippen MR) is 92.9 cm³/mol. The smallest absolute Gasteiger partial charge is 0.238 e. The van der Waals surface area contributed by atoms with Gasteiger partial charge in [0, 0.05) is 16.6 Å². The van der Waals surface area contributed by atoms with Crippen LogP contribution in [0.25, 0.3) is 11.0 Å². The fourth-order valence-corrected chi connectivity index (χ4v) is 2.95. The highest BCUT2D eigenvalue weighted by molar-refractivity contribution is 7.89. The Bertz CT molecular complexity index is 1020. The summed E-state index contributed by atoms with van der Waals surface area (Å²) >= 11 is 0. The minimum Gasteiger partial charge on any atom is -0.497 e. The van der Waals surface area contributed by atoms with Crippen LogP contribution >= 0.6 is 0 Å². The lowest BCUT2D eigenvalue weighted by atomic mass is 10.1. The number of rotatable bonds is 5. The summed E-state index contributed by atoms with van der Waals surface area (Å²) in [6, 6.07) is 11.0. The van der Waals surface area contributed by atoms with E-state index in [1.165, 1.54) is 30.5 Å². The molecule has 0 spiro atoms. The van der Waals surface area contributed by atoms with E-state index in [1.807, 2.05) is 6.07 Å². The van der Waals surface area contributed by atoms with Gasteiger partial charge in [0.25, 0.3) is 0 Å². The second-order valence-corrected chi connectivity index (χ2v) is 6.98. The first kappa shape index (κ1) is 17.0. The number of carbonyl (C=O) groups excluding carboxylic acids is 1. The van der Waals surface area contributed by atoms with Crippen LogP contribution in [0, 0.1) is 0 Å². The van der Waals surface area contributed by atoms with Crippen LogP contribution in [0.3, 0.4) is 0 Å². The number of hydrogen-bond acceptors (Lipinski definition) is 5. The molecule has 0 bridgehead atoms. The lowest BCUT2D eigenvalue weighted by Gasteiger charge is -2.06. The van der Waals surface area contributed by atoms with Crippen molar-refractivity contribution >= 4 is 32.6 Å². The van der Waals surface area contributed by atoms with E-state index in [-0.39, 0.29) is 17.2 Å². The van der Waals surface area contributed by atoms with Crippen LogP contribution in [0.4, 0.5) is 5.69 Å². The van der Waals surface area contributed by atoms with Crippen LogP contribution in [0.5, 0.6) is 5.75 Å². The van der Waals surface area contributed by atoms with Crippen LogP contribution in [-0.4, -0.2) is 21.4 Å². The van der Waals surface area contributed by atoms with Crippen molar-refractivity contribution in [2.75, 3.05) is 12.4 Å². The third kappa shape index (κ3) is 3.81. The summed E-state index contributed by atoms with van der Waals surface area (Å²) in [5, 5.41) is 8.55. The number of sulfonamides is 1. The standard InChI is InChI=1S/C17H16N2O5S/c1-23-13-4-7-16-15(9-13)11(10-24-16)8-17(20)19-12-2-5-14(6-3-12)25(18,21)22/h2-7,9-10H,8H2,1H3,(H,19,20)(H2,18,21,22). The number of nitrogens with two attached hydrogens (primary N) is 1. The summed E-state index contributed by atoms with van der Waals surface area (Å²) in [6.45, 7) is 0. The van der Waals surface area contributed by atoms with E-state index in [1.54, 1.807) is 19.2 Å². The zero-order valence-electron chi connectivity index (χ0n) is 13.4. The van der Waals surface area contributed by atoms with Crippen molar-refractivity contribution in [2.45, 2.75) is 11.3 Å². The van der Waals surface area contributed by atoms with Gasteiger partial charge in [-0.1, -0.05) is 0 Å². The molecule has 1 heterocycles. The van der Waals surface area contributed by atoms with Gasteiger partial charge in [0.15, 0.2) is 0 Å². The number of primary sulfonamides is 1. The number of carbonyl (C=O) groups is 1. The summed E-state index contributed by atoms with van der Waals surface area (Å²) < 4.78 is 33.1. The van der Waals surface area contributed by atoms with E-state index < -0.39 is 10.0 Å². The molecule has 7 nitrogen and oxygen atoms in total. The molecule has 3 aromatic rings. The number of ether oxygens (including phenoxy) is 1. The Hall–Kier alpha value is -2.84. The Morgan fingerprint density at radius 3 is 2.56 bits per heavy atom. The van der Waals surface area contributed by atoms with E-state index in [0.29, 0.717) is 17.0 Å². The molecule has 0 saturated heterocycles. The molecule has 2 aromatic carbocycles. The molecule has 1 aromatic heterocycles. The van der Waals surface area contributed by atoms with E-state index in [9.17, 15) is 13.2 Å². The molecule has 0 aliphatic carbocycles. The van der Waals surface area contributed by atoms with Gasteiger partial charge in [-0.25, -0.2) is 13.6 Å². The molecule has 8 heteroatoms. The lowest BCUT2D eigenvalue weighted by Crippen LogP contribution is -2.15. The predicted octanol–water partition coefficient (Wildman–Crippen LogP) is 2.27. The first-order valence-electron chi connectivity index (χ1n) is 7.33. The Balaban J connectivity index is 1.74. The molecule has 3 N–H and O–H groups in total. The van der Waals surface area contributed by atoms with Crippen LogP contribution in [0.1, 0.15) is 5.56 Å². The van der Waals surface area contributed by atoms with Crippen LogP contribution in [-0.2, 0) is 21.2 Å². The Morgan fingerprint density at radius 1 is 1.20 bits per heavy atom. The van der Waals surface area contributed by atoms with Crippen molar-refractivity contribution in [3.05, 3.63) is 54.3 Å². The molecule has 0 radical (unpaired) electrons. The molecule has 1 amide bonds. The van der Waals surface area contributed by atoms with Crippen LogP contribution in [0.15, 0.2) is 58.0 Å². The number of methoxy groups -OCH3 is 1. The SMILES string of the molecule is COc1ccc2occ(CC(=O)Nc3ccc(S(N)(=O)=O)cc3)c2c1. The van der Waals surface area contributed by atoms with Gasteiger partial charge >= 0.3 is 0 Å². The van der Waals surface area contributed by atoms with Crippen molar-refractivity contribution in [1.29, 1.82) is 0 Å². The van der Waals surface area contributed by atoms with Crippen molar-refractivity contribution in [3.8, 4) is 5.75 Å². The number of hydrogen-bond donors (Lipinski definition) is 2. The molecule has 0 unspecified atom stereocenters. The van der Waals surface area contributed by atoms with Gasteiger partial charge in [0.1, 0.15) is 11.3 Å². The Morgan fingerprint density at radius 2 is 1.92 bits per heavy atom. The van der Waals surface area contributed by atoms with Gasteiger partial charge in [0.05, 0.1) is 24.7 Å². The molecule has 0 saturated carbocycles. The number of fused-ring (bicyclic) bond motifs is 1. The van der Waals surface area contributed by atoms with E-state index in [2.05, 4.69) is 5.32 Å². The molecule has 25 heavy (non-hydrogen) atoms. The fraction of sp³-hybridized carbons (Fsp3) is 0.118. The second kappa shape index (κ2) is 6.58. The van der Waals surface area contributed by atoms with Gasteiger partial charge in [-0.15, -0.1) is 0 Å². The minimum atomic E-state index is -3.76. The normalized spacial score (nSPS) is 11.4. The van der Waals surface area contributed by atoms with Gasteiger partial charge in [-0.2, -0.15) is 0 Å². The summed E-state index contributed by atoms with van der Waals surface area (Å²) in [6.07, 6.45) is 1.64. The van der Waals surface area contributed by atoms with E-state index in [0.717, 1.165) is 10.9 Å².